The van der Waals surface area contributed by atoms with Crippen molar-refractivity contribution >= 4 is 52.3 Å². The SMILES string of the molecule is O=C1CCC(N2C(=O)c3cccc(CCc4ccc(CN5CCN(c6ccc(Cl)cc6Cl)CC5)cc4)c3C2=O)C(=O)C1. The summed E-state index contributed by atoms with van der Waals surface area (Å²) in [4.78, 5) is 56.5. The van der Waals surface area contributed by atoms with Gasteiger partial charge in [-0.1, -0.05) is 59.6 Å². The maximum atomic E-state index is 13.4. The van der Waals surface area contributed by atoms with Gasteiger partial charge in [0.2, 0.25) is 0 Å². The predicted octanol–water partition coefficient (Wildman–Crippen LogP) is 5.39. The van der Waals surface area contributed by atoms with Crippen LogP contribution in [0.25, 0.3) is 0 Å². The van der Waals surface area contributed by atoms with Gasteiger partial charge in [-0.05, 0) is 60.2 Å². The Morgan fingerprint density at radius 3 is 2.24 bits per heavy atom. The molecule has 0 bridgehead atoms. The fraction of sp³-hybridized carbons (Fsp3) is 0.333. The van der Waals surface area contributed by atoms with Crippen molar-refractivity contribution in [2.24, 2.45) is 0 Å². The summed E-state index contributed by atoms with van der Waals surface area (Å²) in [7, 11) is 0. The number of piperazine rings is 1. The van der Waals surface area contributed by atoms with Gasteiger partial charge >= 0.3 is 0 Å². The number of nitrogens with zero attached hydrogens (tertiary/aromatic N) is 3. The number of Topliss-reactive ketones (excluding diaryl/α,β-unsaturated/α-hetero) is 2. The number of halogens is 2. The Hall–Kier alpha value is -3.52. The third-order valence-electron chi connectivity index (χ3n) is 8.52. The van der Waals surface area contributed by atoms with Crippen molar-refractivity contribution in [2.45, 2.75) is 44.7 Å². The predicted molar refractivity (Wildman–Crippen MR) is 162 cm³/mol. The highest BCUT2D eigenvalue weighted by atomic mass is 35.5. The van der Waals surface area contributed by atoms with Gasteiger partial charge in [-0.25, -0.2) is 0 Å². The van der Waals surface area contributed by atoms with Crippen LogP contribution < -0.4 is 4.90 Å². The summed E-state index contributed by atoms with van der Waals surface area (Å²) in [6.45, 7) is 4.53. The van der Waals surface area contributed by atoms with Crippen molar-refractivity contribution in [3.05, 3.63) is 98.5 Å². The first-order valence-electron chi connectivity index (χ1n) is 14.3. The highest BCUT2D eigenvalue weighted by Crippen LogP contribution is 2.32. The van der Waals surface area contributed by atoms with Gasteiger partial charge in [0.25, 0.3) is 11.8 Å². The van der Waals surface area contributed by atoms with Gasteiger partial charge in [-0.15, -0.1) is 0 Å². The average Bonchev–Trinajstić information content (AvgIpc) is 3.23. The summed E-state index contributed by atoms with van der Waals surface area (Å²) in [5.41, 5.74) is 4.94. The topological polar surface area (TPSA) is 78.0 Å². The van der Waals surface area contributed by atoms with Crippen LogP contribution in [0.15, 0.2) is 60.7 Å². The number of carbonyl (C=O) groups excluding carboxylic acids is 4. The Kier molecular flexibility index (Phi) is 8.17. The first-order chi connectivity index (χ1) is 20.3. The van der Waals surface area contributed by atoms with Crippen LogP contribution in [0.3, 0.4) is 0 Å². The van der Waals surface area contributed by atoms with Gasteiger partial charge in [-0.3, -0.25) is 29.0 Å². The van der Waals surface area contributed by atoms with E-state index in [4.69, 9.17) is 23.2 Å². The van der Waals surface area contributed by atoms with E-state index in [1.807, 2.05) is 18.2 Å². The van der Waals surface area contributed by atoms with E-state index in [2.05, 4.69) is 34.1 Å². The van der Waals surface area contributed by atoms with E-state index in [1.54, 1.807) is 18.2 Å². The smallest absolute Gasteiger partial charge is 0.262 e. The molecule has 6 rings (SSSR count). The summed E-state index contributed by atoms with van der Waals surface area (Å²) >= 11 is 12.4. The normalized spacial score (nSPS) is 19.5. The molecule has 3 aromatic rings. The minimum Gasteiger partial charge on any atom is -0.368 e. The van der Waals surface area contributed by atoms with Gasteiger partial charge in [0, 0.05) is 44.2 Å². The number of amides is 2. The number of hydrogen-bond donors (Lipinski definition) is 0. The van der Waals surface area contributed by atoms with Crippen LogP contribution in [-0.2, 0) is 29.0 Å². The second-order valence-electron chi connectivity index (χ2n) is 11.2. The van der Waals surface area contributed by atoms with Gasteiger partial charge in [0.15, 0.2) is 5.78 Å². The van der Waals surface area contributed by atoms with Crippen molar-refractivity contribution in [1.82, 2.24) is 9.80 Å². The highest BCUT2D eigenvalue weighted by Gasteiger charge is 2.45. The average molecular weight is 605 g/mol. The molecule has 2 amide bonds. The molecule has 1 unspecified atom stereocenters. The monoisotopic (exact) mass is 603 g/mol. The van der Waals surface area contributed by atoms with Crippen LogP contribution in [0.4, 0.5) is 5.69 Å². The molecule has 0 N–H and O–H groups in total. The second kappa shape index (κ2) is 12.0. The number of aryl methyl sites for hydroxylation is 2. The molecule has 3 aromatic carbocycles. The first kappa shape index (κ1) is 28.6. The number of carbonyl (C=O) groups is 4. The molecule has 3 aliphatic rings. The molecule has 1 saturated carbocycles. The largest absolute Gasteiger partial charge is 0.368 e. The van der Waals surface area contributed by atoms with E-state index in [1.165, 1.54) is 5.56 Å². The summed E-state index contributed by atoms with van der Waals surface area (Å²) in [5, 5.41) is 1.32. The zero-order valence-corrected chi connectivity index (χ0v) is 24.7. The van der Waals surface area contributed by atoms with Crippen LogP contribution in [0.1, 0.15) is 56.7 Å². The third kappa shape index (κ3) is 5.74. The van der Waals surface area contributed by atoms with Crippen LogP contribution >= 0.6 is 23.2 Å². The molecule has 7 nitrogen and oxygen atoms in total. The van der Waals surface area contributed by atoms with E-state index in [9.17, 15) is 19.2 Å². The fourth-order valence-corrected chi connectivity index (χ4v) is 6.76. The lowest BCUT2D eigenvalue weighted by molar-refractivity contribution is -0.132. The van der Waals surface area contributed by atoms with Crippen molar-refractivity contribution in [3.63, 3.8) is 0 Å². The van der Waals surface area contributed by atoms with Crippen LogP contribution in [0.2, 0.25) is 10.0 Å². The lowest BCUT2D eigenvalue weighted by atomic mass is 9.92. The number of imide groups is 1. The quantitative estimate of drug-likeness (QED) is 0.266. The zero-order chi connectivity index (χ0) is 29.4. The minimum atomic E-state index is -0.853. The molecule has 1 saturated heterocycles. The summed E-state index contributed by atoms with van der Waals surface area (Å²) in [6.07, 6.45) is 1.52. The Morgan fingerprint density at radius 1 is 0.786 bits per heavy atom. The maximum Gasteiger partial charge on any atom is 0.262 e. The van der Waals surface area contributed by atoms with E-state index < -0.39 is 17.9 Å². The van der Waals surface area contributed by atoms with Crippen molar-refractivity contribution < 1.29 is 19.2 Å². The number of rotatable bonds is 7. The Morgan fingerprint density at radius 2 is 1.52 bits per heavy atom. The third-order valence-corrected chi connectivity index (χ3v) is 9.06. The maximum absolute atomic E-state index is 13.4. The molecular formula is C33H31Cl2N3O4. The van der Waals surface area contributed by atoms with Gasteiger partial charge < -0.3 is 4.90 Å². The molecule has 0 aromatic heterocycles. The number of ketones is 2. The molecule has 0 radical (unpaired) electrons. The van der Waals surface area contributed by atoms with Crippen LogP contribution in [0.5, 0.6) is 0 Å². The summed E-state index contributed by atoms with van der Waals surface area (Å²) in [6, 6.07) is 18.7. The molecule has 0 spiro atoms. The van der Waals surface area contributed by atoms with E-state index in [0.29, 0.717) is 27.6 Å². The molecule has 9 heteroatoms. The molecule has 2 heterocycles. The summed E-state index contributed by atoms with van der Waals surface area (Å²) in [5.74, 6) is -1.35. The van der Waals surface area contributed by atoms with Crippen molar-refractivity contribution in [2.75, 3.05) is 31.1 Å². The van der Waals surface area contributed by atoms with E-state index >= 15 is 0 Å². The first-order valence-corrected chi connectivity index (χ1v) is 15.1. The number of hydrogen-bond acceptors (Lipinski definition) is 6. The van der Waals surface area contributed by atoms with Crippen molar-refractivity contribution in [3.8, 4) is 0 Å². The number of fused-ring (bicyclic) bond motifs is 1. The second-order valence-corrected chi connectivity index (χ2v) is 12.1. The minimum absolute atomic E-state index is 0.137. The van der Waals surface area contributed by atoms with Gasteiger partial charge in [0.05, 0.1) is 34.3 Å². The Labute approximate surface area is 255 Å². The van der Waals surface area contributed by atoms with E-state index in [-0.39, 0.29) is 30.8 Å². The van der Waals surface area contributed by atoms with Crippen molar-refractivity contribution in [1.29, 1.82) is 0 Å². The molecule has 216 valence electrons. The number of benzene rings is 3. The summed E-state index contributed by atoms with van der Waals surface area (Å²) < 4.78 is 0. The molecule has 2 fully saturated rings. The van der Waals surface area contributed by atoms with Gasteiger partial charge in [-0.2, -0.15) is 0 Å². The molecule has 1 aliphatic carbocycles. The number of anilines is 1. The molecule has 42 heavy (non-hydrogen) atoms. The molecule has 2 aliphatic heterocycles. The lowest BCUT2D eigenvalue weighted by Gasteiger charge is -2.36. The Balaban J connectivity index is 1.05. The van der Waals surface area contributed by atoms with Crippen LogP contribution in [-0.4, -0.2) is 65.4 Å². The van der Waals surface area contributed by atoms with E-state index in [0.717, 1.165) is 60.9 Å². The Bertz CT molecular complexity index is 1560. The molecule has 1 atom stereocenters. The zero-order valence-electron chi connectivity index (χ0n) is 23.2. The van der Waals surface area contributed by atoms with Crippen LogP contribution in [0, 0.1) is 0 Å². The standard InChI is InChI=1S/C33H31Cl2N3O4/c34-24-10-12-28(27(35)18-24)37-16-14-36(15-17-37)20-22-6-4-21(5-7-22)8-9-23-2-1-3-26-31(23)33(42)38(32(26)41)29-13-11-25(39)19-30(29)40/h1-7,10,12,18,29H,8-9,11,13-17,19-20H2. The molecular weight excluding hydrogens is 573 g/mol. The lowest BCUT2D eigenvalue weighted by Crippen LogP contribution is -2.47. The highest BCUT2D eigenvalue weighted by molar-refractivity contribution is 6.36. The van der Waals surface area contributed by atoms with Gasteiger partial charge in [0.1, 0.15) is 5.78 Å². The fourth-order valence-electron chi connectivity index (χ4n) is 6.23.